The summed E-state index contributed by atoms with van der Waals surface area (Å²) < 4.78 is 4.63. The number of ketones is 1. The van der Waals surface area contributed by atoms with Gasteiger partial charge in [0.2, 0.25) is 0 Å². The van der Waals surface area contributed by atoms with Crippen molar-refractivity contribution in [2.45, 2.75) is 11.8 Å². The van der Waals surface area contributed by atoms with Crippen molar-refractivity contribution in [3.63, 3.8) is 0 Å². The fraction of sp³-hybridized carbons (Fsp3) is 0.273. The molecule has 0 radical (unpaired) electrons. The maximum atomic E-state index is 11.5. The summed E-state index contributed by atoms with van der Waals surface area (Å²) in [6.45, 7) is 1.42. The quantitative estimate of drug-likeness (QED) is 0.636. The summed E-state index contributed by atoms with van der Waals surface area (Å²) in [5.41, 5.74) is 0.746. The molecule has 1 aromatic carbocycles. The molecule has 0 aliphatic heterocycles. The van der Waals surface area contributed by atoms with Gasteiger partial charge in [-0.1, -0.05) is 33.6 Å². The second kappa shape index (κ2) is 5.46. The smallest absolute Gasteiger partial charge is 0.338 e. The first-order valence-electron chi connectivity index (χ1n) is 4.50. The lowest BCUT2D eigenvalue weighted by Gasteiger charge is -2.13. The summed E-state index contributed by atoms with van der Waals surface area (Å²) in [7, 11) is 1.28. The first-order chi connectivity index (χ1) is 7.49. The number of rotatable bonds is 3. The Morgan fingerprint density at radius 2 is 2.06 bits per heavy atom. The monoisotopic (exact) mass is 304 g/mol. The third-order valence-corrected chi connectivity index (χ3v) is 3.50. The molecular formula is C11H10BrClO3. The van der Waals surface area contributed by atoms with Crippen molar-refractivity contribution in [1.82, 2.24) is 0 Å². The fourth-order valence-electron chi connectivity index (χ4n) is 1.29. The number of hydrogen-bond acceptors (Lipinski definition) is 3. The molecule has 0 amide bonds. The fourth-order valence-corrected chi connectivity index (χ4v) is 2.19. The maximum Gasteiger partial charge on any atom is 0.338 e. The summed E-state index contributed by atoms with van der Waals surface area (Å²) in [5, 5.41) is 0.361. The van der Waals surface area contributed by atoms with Crippen LogP contribution in [-0.4, -0.2) is 18.9 Å². The molecule has 0 saturated carbocycles. The lowest BCUT2D eigenvalue weighted by Crippen LogP contribution is -2.11. The molecular weight excluding hydrogens is 295 g/mol. The number of Topliss-reactive ketones (excluding diaryl/α,β-unsaturated/α-hetero) is 1. The predicted octanol–water partition coefficient (Wildman–Crippen LogP) is 3.15. The number of esters is 1. The van der Waals surface area contributed by atoms with Gasteiger partial charge in [-0.15, -0.1) is 0 Å². The van der Waals surface area contributed by atoms with Gasteiger partial charge in [0.15, 0.2) is 0 Å². The topological polar surface area (TPSA) is 43.4 Å². The van der Waals surface area contributed by atoms with Gasteiger partial charge in [-0.25, -0.2) is 4.79 Å². The highest BCUT2D eigenvalue weighted by molar-refractivity contribution is 9.09. The lowest BCUT2D eigenvalue weighted by atomic mass is 10.0. The molecule has 0 heterocycles. The number of methoxy groups -OCH3 is 1. The molecule has 0 spiro atoms. The average molecular weight is 306 g/mol. The second-order valence-corrected chi connectivity index (χ2v) is 4.49. The molecule has 0 aliphatic rings. The zero-order valence-corrected chi connectivity index (χ0v) is 11.1. The molecule has 1 unspecified atom stereocenters. The van der Waals surface area contributed by atoms with Gasteiger partial charge in [-0.05, 0) is 19.1 Å². The van der Waals surface area contributed by atoms with E-state index in [0.29, 0.717) is 16.1 Å². The first-order valence-corrected chi connectivity index (χ1v) is 5.79. The van der Waals surface area contributed by atoms with E-state index in [0.717, 1.165) is 0 Å². The third kappa shape index (κ3) is 2.62. The lowest BCUT2D eigenvalue weighted by molar-refractivity contribution is -0.116. The predicted molar refractivity (Wildman–Crippen MR) is 65.1 cm³/mol. The normalized spacial score (nSPS) is 12.0. The number of carbonyl (C=O) groups excluding carboxylic acids is 2. The minimum Gasteiger partial charge on any atom is -0.465 e. The van der Waals surface area contributed by atoms with Crippen LogP contribution in [0.15, 0.2) is 18.2 Å². The first kappa shape index (κ1) is 13.2. The highest BCUT2D eigenvalue weighted by Gasteiger charge is 2.23. The second-order valence-electron chi connectivity index (χ2n) is 3.17. The summed E-state index contributed by atoms with van der Waals surface area (Å²) in [5.74, 6) is -0.638. The van der Waals surface area contributed by atoms with E-state index in [4.69, 9.17) is 11.6 Å². The molecule has 0 aromatic heterocycles. The van der Waals surface area contributed by atoms with Crippen molar-refractivity contribution >= 4 is 39.3 Å². The molecule has 3 nitrogen and oxygen atoms in total. The van der Waals surface area contributed by atoms with E-state index in [1.807, 2.05) is 0 Å². The largest absolute Gasteiger partial charge is 0.465 e. The molecule has 16 heavy (non-hydrogen) atoms. The van der Waals surface area contributed by atoms with Crippen LogP contribution >= 0.6 is 27.5 Å². The number of halogens is 2. The van der Waals surface area contributed by atoms with Gasteiger partial charge < -0.3 is 4.74 Å². The standard InChI is InChI=1S/C11H10BrClO3/c1-6(14)10(12)9-7(11(15)16-2)4-3-5-8(9)13/h3-5,10H,1-2H3. The van der Waals surface area contributed by atoms with E-state index in [2.05, 4.69) is 20.7 Å². The van der Waals surface area contributed by atoms with Crippen LogP contribution in [0.1, 0.15) is 27.7 Å². The molecule has 1 aromatic rings. The van der Waals surface area contributed by atoms with Crippen molar-refractivity contribution in [3.05, 3.63) is 34.3 Å². The molecule has 0 aliphatic carbocycles. The molecule has 0 fully saturated rings. The van der Waals surface area contributed by atoms with Crippen LogP contribution in [0.2, 0.25) is 5.02 Å². The maximum absolute atomic E-state index is 11.5. The highest BCUT2D eigenvalue weighted by Crippen LogP contribution is 2.33. The van der Waals surface area contributed by atoms with Gasteiger partial charge in [0.25, 0.3) is 0 Å². The summed E-state index contributed by atoms with van der Waals surface area (Å²) in [6.07, 6.45) is 0. The van der Waals surface area contributed by atoms with Gasteiger partial charge in [0, 0.05) is 10.6 Å². The summed E-state index contributed by atoms with van der Waals surface area (Å²) >= 11 is 9.19. The zero-order valence-electron chi connectivity index (χ0n) is 8.79. The van der Waals surface area contributed by atoms with Crippen LogP contribution in [0.25, 0.3) is 0 Å². The van der Waals surface area contributed by atoms with E-state index < -0.39 is 10.8 Å². The van der Waals surface area contributed by atoms with E-state index in [1.165, 1.54) is 14.0 Å². The van der Waals surface area contributed by atoms with E-state index in [-0.39, 0.29) is 5.78 Å². The molecule has 0 N–H and O–H groups in total. The minimum atomic E-state index is -0.602. The van der Waals surface area contributed by atoms with Crippen LogP contribution in [0, 0.1) is 0 Å². The van der Waals surface area contributed by atoms with Gasteiger partial charge >= 0.3 is 5.97 Å². The molecule has 1 atom stereocenters. The number of ether oxygens (including phenoxy) is 1. The van der Waals surface area contributed by atoms with Crippen molar-refractivity contribution in [2.24, 2.45) is 0 Å². The molecule has 86 valence electrons. The SMILES string of the molecule is COC(=O)c1cccc(Cl)c1C(Br)C(C)=O. The Morgan fingerprint density at radius 1 is 1.44 bits per heavy atom. The Kier molecular flexibility index (Phi) is 4.50. The van der Waals surface area contributed by atoms with Crippen molar-refractivity contribution < 1.29 is 14.3 Å². The number of hydrogen-bond donors (Lipinski definition) is 0. The number of benzene rings is 1. The van der Waals surface area contributed by atoms with Gasteiger partial charge in [0.05, 0.1) is 17.5 Å². The zero-order chi connectivity index (χ0) is 12.3. The molecule has 0 saturated heterocycles. The molecule has 1 rings (SSSR count). The van der Waals surface area contributed by atoms with Gasteiger partial charge in [-0.3, -0.25) is 4.79 Å². The minimum absolute atomic E-state index is 0.127. The van der Waals surface area contributed by atoms with Crippen LogP contribution in [0.4, 0.5) is 0 Å². The van der Waals surface area contributed by atoms with Crippen molar-refractivity contribution in [1.29, 1.82) is 0 Å². The molecule has 0 bridgehead atoms. The van der Waals surface area contributed by atoms with Crippen LogP contribution in [0.3, 0.4) is 0 Å². The summed E-state index contributed by atoms with van der Waals surface area (Å²) in [6, 6.07) is 4.84. The number of carbonyl (C=O) groups is 2. The van der Waals surface area contributed by atoms with Crippen molar-refractivity contribution in [2.75, 3.05) is 7.11 Å². The van der Waals surface area contributed by atoms with Gasteiger partial charge in [0.1, 0.15) is 5.78 Å². The highest BCUT2D eigenvalue weighted by atomic mass is 79.9. The Bertz CT molecular complexity index is 431. The van der Waals surface area contributed by atoms with Crippen LogP contribution in [-0.2, 0) is 9.53 Å². The van der Waals surface area contributed by atoms with Crippen molar-refractivity contribution in [3.8, 4) is 0 Å². The Balaban J connectivity index is 3.34. The van der Waals surface area contributed by atoms with Gasteiger partial charge in [-0.2, -0.15) is 0 Å². The van der Waals surface area contributed by atoms with E-state index >= 15 is 0 Å². The van der Waals surface area contributed by atoms with E-state index in [1.54, 1.807) is 18.2 Å². The Hall–Kier alpha value is -0.870. The third-order valence-electron chi connectivity index (χ3n) is 2.07. The summed E-state index contributed by atoms with van der Waals surface area (Å²) in [4.78, 5) is 22.2. The van der Waals surface area contributed by atoms with E-state index in [9.17, 15) is 9.59 Å². The number of alkyl halides is 1. The van der Waals surface area contributed by atoms with Crippen LogP contribution < -0.4 is 0 Å². The molecule has 5 heteroatoms. The van der Waals surface area contributed by atoms with Crippen LogP contribution in [0.5, 0.6) is 0 Å². The Morgan fingerprint density at radius 3 is 2.56 bits per heavy atom. The Labute approximate surface area is 107 Å². The average Bonchev–Trinajstić information content (AvgIpc) is 2.26.